The zero-order chi connectivity index (χ0) is 26.4. The minimum atomic E-state index is -0.771. The van der Waals surface area contributed by atoms with Crippen LogP contribution in [0.1, 0.15) is 11.1 Å². The molecule has 1 heterocycles. The van der Waals surface area contributed by atoms with Crippen molar-refractivity contribution in [1.82, 2.24) is 9.97 Å². The van der Waals surface area contributed by atoms with Crippen molar-refractivity contribution in [2.24, 2.45) is 5.10 Å². The number of aromatic amines is 1. The van der Waals surface area contributed by atoms with Gasteiger partial charge in [0.2, 0.25) is 11.7 Å². The number of benzene rings is 3. The van der Waals surface area contributed by atoms with Crippen molar-refractivity contribution in [3.05, 3.63) is 115 Å². The predicted molar refractivity (Wildman–Crippen MR) is 132 cm³/mol. The topological polar surface area (TPSA) is 189 Å². The van der Waals surface area contributed by atoms with E-state index in [1.54, 1.807) is 48.5 Å². The maximum Gasteiger partial charge on any atom is 0.318 e. The normalized spacial score (nSPS) is 10.6. The van der Waals surface area contributed by atoms with Crippen molar-refractivity contribution in [3.63, 3.8) is 0 Å². The molecule has 13 nitrogen and oxygen atoms in total. The molecule has 0 fully saturated rings. The molecule has 0 aliphatic rings. The van der Waals surface area contributed by atoms with E-state index in [0.717, 1.165) is 18.2 Å². The fourth-order valence-electron chi connectivity index (χ4n) is 3.24. The lowest BCUT2D eigenvalue weighted by Crippen LogP contribution is -2.16. The highest BCUT2D eigenvalue weighted by Crippen LogP contribution is 2.34. The number of aromatic nitrogens is 2. The molecule has 0 atom stereocenters. The number of hydrazone groups is 1. The maximum absolute atomic E-state index is 12.3. The van der Waals surface area contributed by atoms with Crippen LogP contribution < -0.4 is 15.7 Å². The number of nitriles is 1. The van der Waals surface area contributed by atoms with Crippen molar-refractivity contribution in [2.75, 3.05) is 5.43 Å². The summed E-state index contributed by atoms with van der Waals surface area (Å²) in [6.45, 7) is 0. The molecule has 0 unspecified atom stereocenters. The van der Waals surface area contributed by atoms with Crippen LogP contribution in [-0.2, 0) is 0 Å². The number of non-ortho nitro benzene ring substituents is 1. The van der Waals surface area contributed by atoms with Crippen molar-refractivity contribution in [1.29, 1.82) is 5.26 Å². The van der Waals surface area contributed by atoms with E-state index in [1.807, 2.05) is 6.07 Å². The average Bonchev–Trinajstić information content (AvgIpc) is 2.89. The maximum atomic E-state index is 12.3. The fraction of sp³-hybridized carbons (Fsp3) is 0. The van der Waals surface area contributed by atoms with E-state index in [2.05, 4.69) is 20.5 Å². The van der Waals surface area contributed by atoms with Gasteiger partial charge in [-0.15, -0.1) is 0 Å². The Morgan fingerprint density at radius 2 is 1.81 bits per heavy atom. The highest BCUT2D eigenvalue weighted by molar-refractivity contribution is 5.80. The molecule has 0 saturated carbocycles. The van der Waals surface area contributed by atoms with E-state index in [-0.39, 0.29) is 28.7 Å². The molecular weight excluding hydrogens is 482 g/mol. The number of nitrogens with zero attached hydrogens (tertiary/aromatic N) is 5. The quantitative estimate of drug-likeness (QED) is 0.202. The summed E-state index contributed by atoms with van der Waals surface area (Å²) in [5.74, 6) is 0.0563. The third-order valence-electron chi connectivity index (χ3n) is 4.90. The van der Waals surface area contributed by atoms with Crippen LogP contribution in [0.15, 0.2) is 82.7 Å². The predicted octanol–water partition coefficient (Wildman–Crippen LogP) is 4.36. The summed E-state index contributed by atoms with van der Waals surface area (Å²) in [4.78, 5) is 39.8. The SMILES string of the molecule is N#Cc1c(-c2ccccc2)nc(NN=Cc2cccc(Oc3ccc([N+](=O)[O-])cc3[N+](=O)[O-])c2)[nH]c1=O. The monoisotopic (exact) mass is 497 g/mol. The molecule has 0 aliphatic heterocycles. The molecule has 2 N–H and O–H groups in total. The van der Waals surface area contributed by atoms with E-state index in [4.69, 9.17) is 4.74 Å². The van der Waals surface area contributed by atoms with Crippen LogP contribution in [0.3, 0.4) is 0 Å². The third-order valence-corrected chi connectivity index (χ3v) is 4.90. The molecule has 0 radical (unpaired) electrons. The highest BCUT2D eigenvalue weighted by atomic mass is 16.6. The second kappa shape index (κ2) is 10.6. The minimum absolute atomic E-state index is 0.00742. The lowest BCUT2D eigenvalue weighted by atomic mass is 10.1. The Morgan fingerprint density at radius 1 is 1.03 bits per heavy atom. The second-order valence-electron chi connectivity index (χ2n) is 7.33. The largest absolute Gasteiger partial charge is 0.450 e. The van der Waals surface area contributed by atoms with E-state index >= 15 is 0 Å². The van der Waals surface area contributed by atoms with Gasteiger partial charge in [0.25, 0.3) is 11.2 Å². The van der Waals surface area contributed by atoms with Crippen molar-refractivity contribution in [3.8, 4) is 28.8 Å². The summed E-state index contributed by atoms with van der Waals surface area (Å²) in [5, 5.41) is 35.6. The van der Waals surface area contributed by atoms with Gasteiger partial charge in [-0.25, -0.2) is 10.4 Å². The molecule has 182 valence electrons. The first-order valence-electron chi connectivity index (χ1n) is 10.5. The van der Waals surface area contributed by atoms with Crippen LogP contribution in [0, 0.1) is 31.6 Å². The molecule has 4 rings (SSSR count). The van der Waals surface area contributed by atoms with Gasteiger partial charge in [-0.1, -0.05) is 42.5 Å². The summed E-state index contributed by atoms with van der Waals surface area (Å²) in [6.07, 6.45) is 1.39. The molecule has 3 aromatic carbocycles. The van der Waals surface area contributed by atoms with Crippen molar-refractivity contribution >= 4 is 23.5 Å². The zero-order valence-corrected chi connectivity index (χ0v) is 18.7. The molecule has 0 aliphatic carbocycles. The molecule has 13 heteroatoms. The van der Waals surface area contributed by atoms with Gasteiger partial charge in [-0.2, -0.15) is 10.4 Å². The van der Waals surface area contributed by atoms with Gasteiger partial charge in [-0.05, 0) is 23.8 Å². The van der Waals surface area contributed by atoms with Gasteiger partial charge in [-0.3, -0.25) is 30.0 Å². The zero-order valence-electron chi connectivity index (χ0n) is 18.7. The summed E-state index contributed by atoms with van der Waals surface area (Å²) < 4.78 is 5.58. The number of nitrogens with one attached hydrogen (secondary N) is 2. The first kappa shape index (κ1) is 24.2. The van der Waals surface area contributed by atoms with Crippen LogP contribution in [0.2, 0.25) is 0 Å². The number of rotatable bonds is 8. The van der Waals surface area contributed by atoms with Crippen LogP contribution in [0.25, 0.3) is 11.3 Å². The lowest BCUT2D eigenvalue weighted by Gasteiger charge is -2.07. The smallest absolute Gasteiger partial charge is 0.318 e. The fourth-order valence-corrected chi connectivity index (χ4v) is 3.24. The number of nitro groups is 2. The van der Waals surface area contributed by atoms with Gasteiger partial charge < -0.3 is 4.74 Å². The summed E-state index contributed by atoms with van der Waals surface area (Å²) in [6, 6.07) is 20.0. The number of anilines is 1. The molecule has 0 amide bonds. The van der Waals surface area contributed by atoms with Crippen LogP contribution in [-0.4, -0.2) is 26.0 Å². The molecule has 0 saturated heterocycles. The van der Waals surface area contributed by atoms with Crippen LogP contribution in [0.4, 0.5) is 17.3 Å². The first-order chi connectivity index (χ1) is 17.9. The third kappa shape index (κ3) is 5.61. The summed E-state index contributed by atoms with van der Waals surface area (Å²) in [7, 11) is 0. The number of hydrogen-bond acceptors (Lipinski definition) is 10. The van der Waals surface area contributed by atoms with Gasteiger partial charge in [0.05, 0.1) is 27.8 Å². The van der Waals surface area contributed by atoms with Gasteiger partial charge in [0.15, 0.2) is 0 Å². The Balaban J connectivity index is 1.54. The molecule has 1 aromatic heterocycles. The molecule has 0 spiro atoms. The highest BCUT2D eigenvalue weighted by Gasteiger charge is 2.21. The molecule has 0 bridgehead atoms. The second-order valence-corrected chi connectivity index (χ2v) is 7.33. The molecular formula is C24H15N7O6. The minimum Gasteiger partial charge on any atom is -0.450 e. The number of hydrogen-bond donors (Lipinski definition) is 2. The Hall–Kier alpha value is -5.90. The average molecular weight is 497 g/mol. The Bertz CT molecular complexity index is 1630. The van der Waals surface area contributed by atoms with E-state index in [1.165, 1.54) is 12.3 Å². The number of nitro benzene ring substituents is 2. The Morgan fingerprint density at radius 3 is 2.51 bits per heavy atom. The van der Waals surface area contributed by atoms with Crippen molar-refractivity contribution < 1.29 is 14.6 Å². The van der Waals surface area contributed by atoms with Crippen molar-refractivity contribution in [2.45, 2.75) is 0 Å². The Kier molecular flexibility index (Phi) is 6.92. The summed E-state index contributed by atoms with van der Waals surface area (Å²) in [5.41, 5.74) is 2.16. The number of ether oxygens (including phenoxy) is 1. The van der Waals surface area contributed by atoms with E-state index < -0.39 is 26.8 Å². The van der Waals surface area contributed by atoms with Crippen LogP contribution >= 0.6 is 0 Å². The lowest BCUT2D eigenvalue weighted by molar-refractivity contribution is -0.394. The van der Waals surface area contributed by atoms with Crippen LogP contribution in [0.5, 0.6) is 11.5 Å². The summed E-state index contributed by atoms with van der Waals surface area (Å²) >= 11 is 0. The van der Waals surface area contributed by atoms with E-state index in [0.29, 0.717) is 11.1 Å². The number of H-pyrrole nitrogens is 1. The van der Waals surface area contributed by atoms with Gasteiger partial charge >= 0.3 is 5.69 Å². The molecule has 4 aromatic rings. The van der Waals surface area contributed by atoms with Gasteiger partial charge in [0.1, 0.15) is 17.4 Å². The molecule has 37 heavy (non-hydrogen) atoms. The van der Waals surface area contributed by atoms with E-state index in [9.17, 15) is 30.3 Å². The van der Waals surface area contributed by atoms with Gasteiger partial charge in [0, 0.05) is 11.6 Å². The standard InChI is InChI=1S/C24H15N7O6/c25-13-19-22(16-6-2-1-3-7-16)27-24(28-23(19)32)29-26-14-15-5-4-8-18(11-15)37-21-10-9-17(30(33)34)12-20(21)31(35)36/h1-12,14H,(H2,27,28,29,32). The first-order valence-corrected chi connectivity index (χ1v) is 10.5. The Labute approximate surface area is 207 Å².